The highest BCUT2D eigenvalue weighted by molar-refractivity contribution is 7.82. The average molecular weight is 557 g/mol. The second kappa shape index (κ2) is 12.8. The minimum Gasteiger partial charge on any atom is -0.493 e. The van der Waals surface area contributed by atoms with E-state index in [0.717, 1.165) is 16.9 Å². The van der Waals surface area contributed by atoms with E-state index in [1.807, 2.05) is 42.5 Å². The van der Waals surface area contributed by atoms with Crippen LogP contribution in [0.3, 0.4) is 0 Å². The number of amides is 1. The standard InChI is InChI=1S/C28H32N2O8S/c1-34-22-10-7-19(17-24(22)36-3)18-5-8-20(9-6-18)38-21-13-15-30(16-14-21)39(33)25-12-11-23(35-2)27(37-4)26(25)28(31)29-32/h5-12,17,21,32H,13-16H2,1-4H3,(H,29,31). The van der Waals surface area contributed by atoms with Crippen LogP contribution in [0.15, 0.2) is 59.5 Å². The van der Waals surface area contributed by atoms with Gasteiger partial charge in [-0.2, -0.15) is 0 Å². The molecular formula is C28H32N2O8S. The van der Waals surface area contributed by atoms with Crippen molar-refractivity contribution in [3.05, 3.63) is 60.2 Å². The molecule has 11 heteroatoms. The van der Waals surface area contributed by atoms with Gasteiger partial charge in [0.1, 0.15) is 28.4 Å². The molecule has 39 heavy (non-hydrogen) atoms. The molecule has 4 rings (SSSR count). The lowest BCUT2D eigenvalue weighted by Crippen LogP contribution is -2.39. The van der Waals surface area contributed by atoms with Crippen molar-refractivity contribution >= 4 is 16.9 Å². The van der Waals surface area contributed by atoms with Gasteiger partial charge < -0.3 is 23.7 Å². The molecule has 0 bridgehead atoms. The first-order valence-electron chi connectivity index (χ1n) is 12.3. The van der Waals surface area contributed by atoms with E-state index in [0.29, 0.717) is 43.2 Å². The zero-order valence-electron chi connectivity index (χ0n) is 22.3. The Hall–Kier alpha value is -3.80. The number of rotatable bonds is 10. The molecule has 0 spiro atoms. The molecule has 1 aliphatic heterocycles. The fourth-order valence-corrected chi connectivity index (χ4v) is 5.88. The lowest BCUT2D eigenvalue weighted by Gasteiger charge is -2.31. The molecule has 0 aliphatic carbocycles. The van der Waals surface area contributed by atoms with E-state index in [9.17, 15) is 14.2 Å². The van der Waals surface area contributed by atoms with Gasteiger partial charge in [-0.05, 0) is 60.4 Å². The maximum Gasteiger partial charge on any atom is 0.279 e. The fraction of sp³-hybridized carbons (Fsp3) is 0.321. The first-order valence-corrected chi connectivity index (χ1v) is 13.4. The molecule has 2 N–H and O–H groups in total. The number of methoxy groups -OCH3 is 4. The van der Waals surface area contributed by atoms with Gasteiger partial charge in [0.25, 0.3) is 5.91 Å². The summed E-state index contributed by atoms with van der Waals surface area (Å²) >= 11 is 0. The number of carbonyl (C=O) groups excluding carboxylic acids is 1. The zero-order chi connectivity index (χ0) is 27.9. The molecule has 1 saturated heterocycles. The lowest BCUT2D eigenvalue weighted by molar-refractivity contribution is 0.0698. The van der Waals surface area contributed by atoms with E-state index < -0.39 is 16.9 Å². The molecule has 1 fully saturated rings. The topological polar surface area (TPSA) is 116 Å². The Morgan fingerprint density at radius 3 is 2.05 bits per heavy atom. The largest absolute Gasteiger partial charge is 0.493 e. The molecule has 1 atom stereocenters. The normalized spacial score (nSPS) is 14.8. The molecular weight excluding hydrogens is 524 g/mol. The van der Waals surface area contributed by atoms with Crippen LogP contribution in [0.4, 0.5) is 0 Å². The van der Waals surface area contributed by atoms with E-state index in [2.05, 4.69) is 0 Å². The maximum absolute atomic E-state index is 13.5. The second-order valence-corrected chi connectivity index (χ2v) is 10.2. The molecule has 1 aliphatic rings. The van der Waals surface area contributed by atoms with Crippen LogP contribution in [0, 0.1) is 0 Å². The minimum absolute atomic E-state index is 0.0365. The summed E-state index contributed by atoms with van der Waals surface area (Å²) in [6.07, 6.45) is 1.26. The summed E-state index contributed by atoms with van der Waals surface area (Å²) in [6.45, 7) is 0.991. The summed E-state index contributed by atoms with van der Waals surface area (Å²) in [4.78, 5) is 12.6. The first kappa shape index (κ1) is 28.2. The SMILES string of the molecule is COc1ccc(-c2ccc(OC3CCN(S(=O)c4ccc(OC)c(OC)c4C(=O)NO)CC3)cc2)cc1OC. The summed E-state index contributed by atoms with van der Waals surface area (Å²) in [7, 11) is 4.36. The van der Waals surface area contributed by atoms with Crippen molar-refractivity contribution in [2.75, 3.05) is 41.5 Å². The van der Waals surface area contributed by atoms with Gasteiger partial charge in [-0.1, -0.05) is 18.2 Å². The van der Waals surface area contributed by atoms with Crippen molar-refractivity contribution in [1.82, 2.24) is 9.79 Å². The van der Waals surface area contributed by atoms with Gasteiger partial charge in [-0.15, -0.1) is 0 Å². The van der Waals surface area contributed by atoms with Crippen LogP contribution in [-0.4, -0.2) is 67.3 Å². The van der Waals surface area contributed by atoms with Crippen molar-refractivity contribution in [3.63, 3.8) is 0 Å². The van der Waals surface area contributed by atoms with Crippen molar-refractivity contribution in [2.24, 2.45) is 0 Å². The number of hydroxylamine groups is 1. The Balaban J connectivity index is 1.41. The highest BCUT2D eigenvalue weighted by atomic mass is 32.2. The van der Waals surface area contributed by atoms with E-state index in [1.54, 1.807) is 36.1 Å². The fourth-order valence-electron chi connectivity index (χ4n) is 4.51. The number of nitrogens with zero attached hydrogens (tertiary/aromatic N) is 1. The number of benzene rings is 3. The van der Waals surface area contributed by atoms with Crippen molar-refractivity contribution in [3.8, 4) is 39.9 Å². The smallest absolute Gasteiger partial charge is 0.279 e. The van der Waals surface area contributed by atoms with Crippen LogP contribution in [-0.2, 0) is 11.0 Å². The highest BCUT2D eigenvalue weighted by Crippen LogP contribution is 2.36. The molecule has 208 valence electrons. The molecule has 3 aromatic rings. The van der Waals surface area contributed by atoms with E-state index >= 15 is 0 Å². The third kappa shape index (κ3) is 6.11. The highest BCUT2D eigenvalue weighted by Gasteiger charge is 2.30. The summed E-state index contributed by atoms with van der Waals surface area (Å²) < 4.78 is 42.7. The molecule has 1 unspecified atom stereocenters. The van der Waals surface area contributed by atoms with Crippen LogP contribution >= 0.6 is 0 Å². The summed E-state index contributed by atoms with van der Waals surface area (Å²) in [5, 5.41) is 9.25. The Morgan fingerprint density at radius 2 is 1.46 bits per heavy atom. The van der Waals surface area contributed by atoms with E-state index in [4.69, 9.17) is 23.7 Å². The number of hydrogen-bond donors (Lipinski definition) is 2. The van der Waals surface area contributed by atoms with Gasteiger partial charge in [0.15, 0.2) is 23.0 Å². The van der Waals surface area contributed by atoms with Gasteiger partial charge in [-0.3, -0.25) is 10.0 Å². The van der Waals surface area contributed by atoms with Crippen molar-refractivity contribution < 1.29 is 37.9 Å². The van der Waals surface area contributed by atoms with Gasteiger partial charge >= 0.3 is 0 Å². The second-order valence-electron chi connectivity index (χ2n) is 8.70. The maximum atomic E-state index is 13.5. The molecule has 10 nitrogen and oxygen atoms in total. The monoisotopic (exact) mass is 556 g/mol. The predicted octanol–water partition coefficient (Wildman–Crippen LogP) is 4.07. The molecule has 0 aromatic heterocycles. The Bertz CT molecular complexity index is 1320. The molecule has 0 saturated carbocycles. The van der Waals surface area contributed by atoms with E-state index in [1.165, 1.54) is 14.2 Å². The zero-order valence-corrected chi connectivity index (χ0v) is 23.1. The number of hydrogen-bond acceptors (Lipinski definition) is 8. The van der Waals surface area contributed by atoms with Crippen LogP contribution in [0.5, 0.6) is 28.7 Å². The Morgan fingerprint density at radius 1 is 0.846 bits per heavy atom. The van der Waals surface area contributed by atoms with Crippen LogP contribution < -0.4 is 29.2 Å². The number of nitrogens with one attached hydrogen (secondary N) is 1. The number of carbonyl (C=O) groups is 1. The Kier molecular flexibility index (Phi) is 9.28. The average Bonchev–Trinajstić information content (AvgIpc) is 2.99. The predicted molar refractivity (Wildman–Crippen MR) is 145 cm³/mol. The van der Waals surface area contributed by atoms with Crippen LogP contribution in [0.2, 0.25) is 0 Å². The molecule has 1 amide bonds. The van der Waals surface area contributed by atoms with Crippen molar-refractivity contribution in [1.29, 1.82) is 0 Å². The van der Waals surface area contributed by atoms with E-state index in [-0.39, 0.29) is 22.3 Å². The Labute approximate surface area is 229 Å². The summed E-state index contributed by atoms with van der Waals surface area (Å²) in [5.74, 6) is 1.65. The minimum atomic E-state index is -1.67. The lowest BCUT2D eigenvalue weighted by atomic mass is 10.0. The number of ether oxygens (including phenoxy) is 5. The molecule has 3 aromatic carbocycles. The third-order valence-corrected chi connectivity index (χ3v) is 8.08. The van der Waals surface area contributed by atoms with Crippen LogP contribution in [0.1, 0.15) is 23.2 Å². The third-order valence-electron chi connectivity index (χ3n) is 6.53. The van der Waals surface area contributed by atoms with Gasteiger partial charge in [0.05, 0.1) is 33.3 Å². The molecule has 0 radical (unpaired) electrons. The first-order chi connectivity index (χ1) is 18.9. The van der Waals surface area contributed by atoms with Crippen molar-refractivity contribution in [2.45, 2.75) is 23.8 Å². The quantitative estimate of drug-likeness (QED) is 0.284. The van der Waals surface area contributed by atoms with Gasteiger partial charge in [0.2, 0.25) is 0 Å². The van der Waals surface area contributed by atoms with Gasteiger partial charge in [0, 0.05) is 13.1 Å². The number of piperidine rings is 1. The molecule has 1 heterocycles. The van der Waals surface area contributed by atoms with Gasteiger partial charge in [-0.25, -0.2) is 14.0 Å². The summed E-state index contributed by atoms with van der Waals surface area (Å²) in [5.41, 5.74) is 3.59. The summed E-state index contributed by atoms with van der Waals surface area (Å²) in [6, 6.07) is 16.8. The van der Waals surface area contributed by atoms with Crippen LogP contribution in [0.25, 0.3) is 11.1 Å².